The molecule has 0 aliphatic carbocycles. The van der Waals surface area contributed by atoms with E-state index in [0.717, 1.165) is 16.3 Å². The van der Waals surface area contributed by atoms with Gasteiger partial charge in [0.15, 0.2) is 5.78 Å². The summed E-state index contributed by atoms with van der Waals surface area (Å²) in [5.74, 6) is 5.98. The van der Waals surface area contributed by atoms with Crippen LogP contribution in [0.25, 0.3) is 10.8 Å². The summed E-state index contributed by atoms with van der Waals surface area (Å²) in [5, 5.41) is 12.1. The van der Waals surface area contributed by atoms with Crippen LogP contribution in [-0.2, 0) is 0 Å². The second-order valence-electron chi connectivity index (χ2n) is 5.06. The zero-order valence-corrected chi connectivity index (χ0v) is 12.1. The Morgan fingerprint density at radius 2 is 1.73 bits per heavy atom. The average molecular weight is 286 g/mol. The van der Waals surface area contributed by atoms with Crippen molar-refractivity contribution in [3.8, 4) is 17.6 Å². The molecule has 0 aromatic heterocycles. The van der Waals surface area contributed by atoms with Gasteiger partial charge in [-0.3, -0.25) is 4.79 Å². The summed E-state index contributed by atoms with van der Waals surface area (Å²) < 4.78 is 0. The van der Waals surface area contributed by atoms with Crippen LogP contribution in [0.4, 0.5) is 0 Å². The number of phenols is 1. The van der Waals surface area contributed by atoms with Crippen molar-refractivity contribution in [3.63, 3.8) is 0 Å². The highest BCUT2D eigenvalue weighted by Gasteiger charge is 2.05. The summed E-state index contributed by atoms with van der Waals surface area (Å²) in [6.45, 7) is 1.43. The molecule has 0 aliphatic heterocycles. The standard InChI is InChI=1S/C20H14O2/c1-14(21)18-12-10-15(13-20(18)22)9-11-17-7-4-6-16-5-2-3-8-19(16)17/h2-8,10,12-13,22H,1H3. The molecule has 0 spiro atoms. The van der Waals surface area contributed by atoms with Gasteiger partial charge in [0.1, 0.15) is 5.75 Å². The molecule has 22 heavy (non-hydrogen) atoms. The first kappa shape index (κ1) is 13.9. The third-order valence-electron chi connectivity index (χ3n) is 3.51. The van der Waals surface area contributed by atoms with Crippen molar-refractivity contribution in [2.75, 3.05) is 0 Å². The van der Waals surface area contributed by atoms with Crippen LogP contribution in [0.15, 0.2) is 60.7 Å². The van der Waals surface area contributed by atoms with Crippen molar-refractivity contribution in [3.05, 3.63) is 77.4 Å². The van der Waals surface area contributed by atoms with Gasteiger partial charge in [0.25, 0.3) is 0 Å². The molecule has 106 valence electrons. The van der Waals surface area contributed by atoms with E-state index in [0.29, 0.717) is 11.1 Å². The van der Waals surface area contributed by atoms with Crippen LogP contribution in [0.1, 0.15) is 28.4 Å². The van der Waals surface area contributed by atoms with E-state index in [1.807, 2.05) is 42.5 Å². The summed E-state index contributed by atoms with van der Waals surface area (Å²) in [6, 6.07) is 18.9. The van der Waals surface area contributed by atoms with Gasteiger partial charge in [0, 0.05) is 11.1 Å². The van der Waals surface area contributed by atoms with Crippen LogP contribution >= 0.6 is 0 Å². The van der Waals surface area contributed by atoms with Crippen molar-refractivity contribution < 1.29 is 9.90 Å². The number of Topliss-reactive ketones (excluding diaryl/α,β-unsaturated/α-hetero) is 1. The number of hydrogen-bond acceptors (Lipinski definition) is 2. The number of phenolic OH excluding ortho intramolecular Hbond substituents is 1. The number of rotatable bonds is 1. The molecule has 0 radical (unpaired) electrons. The number of benzene rings is 3. The first-order valence-electron chi connectivity index (χ1n) is 6.99. The van der Waals surface area contributed by atoms with Crippen LogP contribution in [0.5, 0.6) is 5.75 Å². The van der Waals surface area contributed by atoms with Crippen LogP contribution in [0, 0.1) is 11.8 Å². The molecule has 0 bridgehead atoms. The number of aromatic hydroxyl groups is 1. The smallest absolute Gasteiger partial charge is 0.163 e. The molecule has 0 unspecified atom stereocenters. The van der Waals surface area contributed by atoms with Gasteiger partial charge in [-0.25, -0.2) is 0 Å². The van der Waals surface area contributed by atoms with E-state index < -0.39 is 0 Å². The molecular formula is C20H14O2. The summed E-state index contributed by atoms with van der Waals surface area (Å²) >= 11 is 0. The van der Waals surface area contributed by atoms with Crippen molar-refractivity contribution in [2.24, 2.45) is 0 Å². The zero-order valence-electron chi connectivity index (χ0n) is 12.1. The molecule has 0 aliphatic rings. The van der Waals surface area contributed by atoms with Crippen molar-refractivity contribution in [2.45, 2.75) is 6.92 Å². The Morgan fingerprint density at radius 3 is 2.50 bits per heavy atom. The Hall–Kier alpha value is -3.05. The van der Waals surface area contributed by atoms with Crippen LogP contribution < -0.4 is 0 Å². The summed E-state index contributed by atoms with van der Waals surface area (Å²) in [6.07, 6.45) is 0. The third kappa shape index (κ3) is 2.70. The van der Waals surface area contributed by atoms with Crippen LogP contribution in [-0.4, -0.2) is 10.9 Å². The number of carbonyl (C=O) groups excluding carboxylic acids is 1. The molecule has 0 saturated heterocycles. The van der Waals surface area contributed by atoms with E-state index >= 15 is 0 Å². The fourth-order valence-corrected chi connectivity index (χ4v) is 2.38. The topological polar surface area (TPSA) is 37.3 Å². The first-order valence-corrected chi connectivity index (χ1v) is 6.99. The largest absolute Gasteiger partial charge is 0.507 e. The van der Waals surface area contributed by atoms with E-state index in [1.54, 1.807) is 12.1 Å². The quantitative estimate of drug-likeness (QED) is 0.539. The van der Waals surface area contributed by atoms with Crippen molar-refractivity contribution in [1.82, 2.24) is 0 Å². The Kier molecular flexibility index (Phi) is 3.64. The Labute approximate surface area is 129 Å². The lowest BCUT2D eigenvalue weighted by Crippen LogP contribution is -1.92. The van der Waals surface area contributed by atoms with Crippen LogP contribution in [0.3, 0.4) is 0 Å². The maximum absolute atomic E-state index is 11.3. The molecule has 0 saturated carbocycles. The first-order chi connectivity index (χ1) is 10.6. The number of ketones is 1. The molecule has 3 rings (SSSR count). The zero-order chi connectivity index (χ0) is 15.5. The van der Waals surface area contributed by atoms with Crippen molar-refractivity contribution >= 4 is 16.6 Å². The second kappa shape index (κ2) is 5.75. The van der Waals surface area contributed by atoms with Gasteiger partial charge in [0.05, 0.1) is 5.56 Å². The maximum Gasteiger partial charge on any atom is 0.163 e. The fourth-order valence-electron chi connectivity index (χ4n) is 2.38. The van der Waals surface area contributed by atoms with Gasteiger partial charge >= 0.3 is 0 Å². The molecule has 2 heteroatoms. The molecule has 3 aromatic carbocycles. The normalized spacial score (nSPS) is 10.0. The number of hydrogen-bond donors (Lipinski definition) is 1. The highest BCUT2D eigenvalue weighted by Crippen LogP contribution is 2.20. The van der Waals surface area contributed by atoms with E-state index in [9.17, 15) is 9.90 Å². The van der Waals surface area contributed by atoms with Gasteiger partial charge < -0.3 is 5.11 Å². The lowest BCUT2D eigenvalue weighted by atomic mass is 10.0. The Balaban J connectivity index is 2.02. The number of carbonyl (C=O) groups is 1. The Bertz CT molecular complexity index is 922. The molecule has 1 N–H and O–H groups in total. The minimum absolute atomic E-state index is 0.0304. The van der Waals surface area contributed by atoms with Gasteiger partial charge in [-0.15, -0.1) is 0 Å². The molecule has 3 aromatic rings. The lowest BCUT2D eigenvalue weighted by molar-refractivity contribution is 0.101. The minimum atomic E-state index is -0.161. The van der Waals surface area contributed by atoms with E-state index in [-0.39, 0.29) is 11.5 Å². The van der Waals surface area contributed by atoms with Crippen molar-refractivity contribution in [1.29, 1.82) is 0 Å². The molecule has 0 atom stereocenters. The third-order valence-corrected chi connectivity index (χ3v) is 3.51. The SMILES string of the molecule is CC(=O)c1ccc(C#Cc2cccc3ccccc23)cc1O. The maximum atomic E-state index is 11.3. The summed E-state index contributed by atoms with van der Waals surface area (Å²) in [7, 11) is 0. The highest BCUT2D eigenvalue weighted by molar-refractivity contribution is 5.96. The Morgan fingerprint density at radius 1 is 0.955 bits per heavy atom. The monoisotopic (exact) mass is 286 g/mol. The van der Waals surface area contributed by atoms with Gasteiger partial charge in [-0.1, -0.05) is 48.2 Å². The van der Waals surface area contributed by atoms with E-state index in [4.69, 9.17) is 0 Å². The highest BCUT2D eigenvalue weighted by atomic mass is 16.3. The van der Waals surface area contributed by atoms with E-state index in [1.165, 1.54) is 13.0 Å². The predicted octanol–water partition coefficient (Wildman–Crippen LogP) is 4.15. The average Bonchev–Trinajstić information content (AvgIpc) is 2.52. The van der Waals surface area contributed by atoms with E-state index in [2.05, 4.69) is 11.8 Å². The van der Waals surface area contributed by atoms with Crippen LogP contribution in [0.2, 0.25) is 0 Å². The molecule has 0 fully saturated rings. The van der Waals surface area contributed by atoms with Gasteiger partial charge in [-0.2, -0.15) is 0 Å². The molecule has 0 amide bonds. The van der Waals surface area contributed by atoms with Gasteiger partial charge in [0.2, 0.25) is 0 Å². The lowest BCUT2D eigenvalue weighted by Gasteiger charge is -2.01. The fraction of sp³-hybridized carbons (Fsp3) is 0.0500. The summed E-state index contributed by atoms with van der Waals surface area (Å²) in [4.78, 5) is 11.3. The number of fused-ring (bicyclic) bond motifs is 1. The second-order valence-corrected chi connectivity index (χ2v) is 5.06. The van der Waals surface area contributed by atoms with Gasteiger partial charge in [-0.05, 0) is 42.0 Å². The molecule has 2 nitrogen and oxygen atoms in total. The molecule has 0 heterocycles. The minimum Gasteiger partial charge on any atom is -0.507 e. The summed E-state index contributed by atoms with van der Waals surface area (Å²) in [5.41, 5.74) is 1.93. The predicted molar refractivity (Wildman–Crippen MR) is 88.0 cm³/mol. The molecular weight excluding hydrogens is 272 g/mol.